The summed E-state index contributed by atoms with van der Waals surface area (Å²) in [4.78, 5) is 10.4. The van der Waals surface area contributed by atoms with E-state index in [2.05, 4.69) is 9.82 Å². The average molecular weight is 303 g/mol. The van der Waals surface area contributed by atoms with Crippen molar-refractivity contribution >= 4 is 16.0 Å². The van der Waals surface area contributed by atoms with Gasteiger partial charge < -0.3 is 10.2 Å². The van der Waals surface area contributed by atoms with Gasteiger partial charge in [-0.2, -0.15) is 5.10 Å². The van der Waals surface area contributed by atoms with Crippen molar-refractivity contribution in [3.05, 3.63) is 12.4 Å². The molecule has 2 rings (SSSR count). The Morgan fingerprint density at radius 2 is 2.20 bits per heavy atom. The average Bonchev–Trinajstić information content (AvgIpc) is 2.81. The van der Waals surface area contributed by atoms with Crippen LogP contribution < -0.4 is 4.72 Å². The fraction of sp³-hybridized carbons (Fsp3) is 0.636. The Morgan fingerprint density at radius 1 is 1.50 bits per heavy atom. The highest BCUT2D eigenvalue weighted by molar-refractivity contribution is 7.89. The van der Waals surface area contributed by atoms with Crippen molar-refractivity contribution in [2.45, 2.75) is 42.7 Å². The second-order valence-electron chi connectivity index (χ2n) is 4.98. The molecule has 3 N–H and O–H groups in total. The van der Waals surface area contributed by atoms with Crippen LogP contribution in [0.2, 0.25) is 0 Å². The van der Waals surface area contributed by atoms with Crippen molar-refractivity contribution in [1.82, 2.24) is 14.5 Å². The molecule has 1 aliphatic rings. The van der Waals surface area contributed by atoms with Crippen LogP contribution in [0, 0.1) is 0 Å². The predicted octanol–water partition coefficient (Wildman–Crippen LogP) is -0.449. The summed E-state index contributed by atoms with van der Waals surface area (Å²) < 4.78 is 28.1. The van der Waals surface area contributed by atoms with E-state index in [1.54, 1.807) is 0 Å². The van der Waals surface area contributed by atoms with Crippen LogP contribution in [-0.2, 0) is 21.4 Å². The van der Waals surface area contributed by atoms with Crippen LogP contribution in [-0.4, -0.2) is 46.5 Å². The summed E-state index contributed by atoms with van der Waals surface area (Å²) in [6.07, 6.45) is 4.42. The summed E-state index contributed by atoms with van der Waals surface area (Å²) in [5, 5.41) is 21.7. The zero-order valence-electron chi connectivity index (χ0n) is 10.8. The Morgan fingerprint density at radius 3 is 2.70 bits per heavy atom. The molecule has 1 saturated carbocycles. The van der Waals surface area contributed by atoms with Gasteiger partial charge in [-0.15, -0.1) is 0 Å². The highest BCUT2D eigenvalue weighted by Crippen LogP contribution is 2.32. The zero-order chi connectivity index (χ0) is 14.8. The molecule has 1 aromatic heterocycles. The molecule has 0 atom stereocenters. The molecule has 8 nitrogen and oxygen atoms in total. The first-order valence-corrected chi connectivity index (χ1v) is 7.74. The minimum Gasteiger partial charge on any atom is -0.481 e. The lowest BCUT2D eigenvalue weighted by Gasteiger charge is -2.40. The molecule has 20 heavy (non-hydrogen) atoms. The third kappa shape index (κ3) is 3.17. The summed E-state index contributed by atoms with van der Waals surface area (Å²) in [5.41, 5.74) is -0.762. The van der Waals surface area contributed by atoms with Gasteiger partial charge in [0.25, 0.3) is 0 Å². The number of sulfonamides is 1. The van der Waals surface area contributed by atoms with Crippen LogP contribution in [0.25, 0.3) is 0 Å². The van der Waals surface area contributed by atoms with Crippen LogP contribution in [0.15, 0.2) is 17.3 Å². The van der Waals surface area contributed by atoms with Crippen LogP contribution in [0.1, 0.15) is 25.7 Å². The van der Waals surface area contributed by atoms with E-state index in [0.29, 0.717) is 12.8 Å². The maximum Gasteiger partial charge on any atom is 0.305 e. The molecule has 0 aromatic carbocycles. The molecule has 1 aromatic rings. The van der Waals surface area contributed by atoms with E-state index in [4.69, 9.17) is 5.11 Å². The maximum atomic E-state index is 12.2. The third-order valence-electron chi connectivity index (χ3n) is 3.44. The van der Waals surface area contributed by atoms with E-state index in [0.717, 1.165) is 6.42 Å². The molecule has 0 unspecified atom stereocenters. The number of carboxylic acid groups (broad SMARTS) is 1. The SMILES string of the molecule is O=C(O)CCn1cc(S(=O)(=O)NC2(CO)CCC2)cn1. The summed E-state index contributed by atoms with van der Waals surface area (Å²) >= 11 is 0. The number of aliphatic hydroxyl groups excluding tert-OH is 1. The van der Waals surface area contributed by atoms with Crippen molar-refractivity contribution in [3.8, 4) is 0 Å². The molecule has 0 bridgehead atoms. The van der Waals surface area contributed by atoms with E-state index in [9.17, 15) is 18.3 Å². The van der Waals surface area contributed by atoms with Gasteiger partial charge in [0.2, 0.25) is 10.0 Å². The summed E-state index contributed by atoms with van der Waals surface area (Å²) in [5.74, 6) is -0.975. The van der Waals surface area contributed by atoms with E-state index in [1.807, 2.05) is 0 Å². The number of aliphatic carboxylic acids is 1. The van der Waals surface area contributed by atoms with Gasteiger partial charge in [-0.3, -0.25) is 9.48 Å². The lowest BCUT2D eigenvalue weighted by atomic mass is 9.78. The van der Waals surface area contributed by atoms with Gasteiger partial charge in [-0.05, 0) is 19.3 Å². The molecular weight excluding hydrogens is 286 g/mol. The molecule has 0 amide bonds. The van der Waals surface area contributed by atoms with Crippen LogP contribution in [0.4, 0.5) is 0 Å². The molecule has 0 aliphatic heterocycles. The van der Waals surface area contributed by atoms with Gasteiger partial charge in [0.15, 0.2) is 0 Å². The van der Waals surface area contributed by atoms with Gasteiger partial charge >= 0.3 is 5.97 Å². The molecule has 0 saturated heterocycles. The van der Waals surface area contributed by atoms with Crippen molar-refractivity contribution in [1.29, 1.82) is 0 Å². The number of carboxylic acids is 1. The van der Waals surface area contributed by atoms with Gasteiger partial charge in [-0.1, -0.05) is 0 Å². The highest BCUT2D eigenvalue weighted by Gasteiger charge is 2.40. The van der Waals surface area contributed by atoms with Crippen molar-refractivity contribution in [2.24, 2.45) is 0 Å². The van der Waals surface area contributed by atoms with E-state index in [-0.39, 0.29) is 24.5 Å². The number of hydrogen-bond donors (Lipinski definition) is 3. The highest BCUT2D eigenvalue weighted by atomic mass is 32.2. The van der Waals surface area contributed by atoms with Crippen molar-refractivity contribution in [3.63, 3.8) is 0 Å². The van der Waals surface area contributed by atoms with Crippen LogP contribution in [0.3, 0.4) is 0 Å². The standard InChI is InChI=1S/C11H17N3O5S/c15-8-11(3-1-4-11)13-20(18,19)9-6-12-14(7-9)5-2-10(16)17/h6-7,13,15H,1-5,8H2,(H,16,17). The molecule has 1 heterocycles. The molecular formula is C11H17N3O5S. The minimum atomic E-state index is -3.75. The van der Waals surface area contributed by atoms with Gasteiger partial charge in [0, 0.05) is 6.20 Å². The first-order valence-electron chi connectivity index (χ1n) is 6.26. The fourth-order valence-corrected chi connectivity index (χ4v) is 3.46. The Kier molecular flexibility index (Phi) is 4.11. The first-order chi connectivity index (χ1) is 9.37. The molecule has 1 fully saturated rings. The fourth-order valence-electron chi connectivity index (χ4n) is 2.06. The number of hydrogen-bond acceptors (Lipinski definition) is 5. The Labute approximate surface area is 116 Å². The lowest BCUT2D eigenvalue weighted by Crippen LogP contribution is -2.55. The molecule has 9 heteroatoms. The number of aromatic nitrogens is 2. The predicted molar refractivity (Wildman–Crippen MR) is 68.5 cm³/mol. The number of nitrogens with zero attached hydrogens (tertiary/aromatic N) is 2. The largest absolute Gasteiger partial charge is 0.481 e. The monoisotopic (exact) mass is 303 g/mol. The normalized spacial score (nSPS) is 17.6. The molecule has 112 valence electrons. The molecule has 0 radical (unpaired) electrons. The van der Waals surface area contributed by atoms with Crippen molar-refractivity contribution in [2.75, 3.05) is 6.61 Å². The van der Waals surface area contributed by atoms with Crippen LogP contribution >= 0.6 is 0 Å². The summed E-state index contributed by atoms with van der Waals surface area (Å²) in [7, 11) is -3.75. The number of nitrogens with one attached hydrogen (secondary N) is 1. The Balaban J connectivity index is 2.08. The lowest BCUT2D eigenvalue weighted by molar-refractivity contribution is -0.137. The van der Waals surface area contributed by atoms with Gasteiger partial charge in [-0.25, -0.2) is 13.1 Å². The Hall–Kier alpha value is -1.45. The van der Waals surface area contributed by atoms with Crippen LogP contribution in [0.5, 0.6) is 0 Å². The number of aryl methyl sites for hydroxylation is 1. The van der Waals surface area contributed by atoms with E-state index in [1.165, 1.54) is 17.1 Å². The van der Waals surface area contributed by atoms with E-state index >= 15 is 0 Å². The second kappa shape index (κ2) is 5.51. The molecule has 1 aliphatic carbocycles. The van der Waals surface area contributed by atoms with Gasteiger partial charge in [0.1, 0.15) is 4.90 Å². The smallest absolute Gasteiger partial charge is 0.305 e. The maximum absolute atomic E-state index is 12.2. The van der Waals surface area contributed by atoms with E-state index < -0.39 is 21.5 Å². The first kappa shape index (κ1) is 14.9. The quantitative estimate of drug-likeness (QED) is 0.627. The topological polar surface area (TPSA) is 122 Å². The van der Waals surface area contributed by atoms with Crippen molar-refractivity contribution < 1.29 is 23.4 Å². The minimum absolute atomic E-state index is 0.0254. The Bertz CT molecular complexity index is 585. The number of aliphatic hydroxyl groups is 1. The van der Waals surface area contributed by atoms with Gasteiger partial charge in [0.05, 0.1) is 31.3 Å². The number of carbonyl (C=O) groups is 1. The molecule has 0 spiro atoms. The third-order valence-corrected chi connectivity index (χ3v) is 4.97. The number of rotatable bonds is 7. The summed E-state index contributed by atoms with van der Waals surface area (Å²) in [6, 6.07) is 0. The zero-order valence-corrected chi connectivity index (χ0v) is 11.6. The summed E-state index contributed by atoms with van der Waals surface area (Å²) in [6.45, 7) is -0.130. The second-order valence-corrected chi connectivity index (χ2v) is 6.66.